The molecule has 1 aliphatic carbocycles. The number of nitrogens with one attached hydrogen (secondary N) is 2. The summed E-state index contributed by atoms with van der Waals surface area (Å²) in [5.41, 5.74) is 2.35. The molecule has 170 valence electrons. The predicted octanol–water partition coefficient (Wildman–Crippen LogP) is 4.31. The highest BCUT2D eigenvalue weighted by Gasteiger charge is 2.51. The lowest BCUT2D eigenvalue weighted by Gasteiger charge is -2.17. The van der Waals surface area contributed by atoms with Crippen molar-refractivity contribution in [2.75, 3.05) is 19.2 Å². The maximum atomic E-state index is 13.2. The third kappa shape index (κ3) is 3.94. The van der Waals surface area contributed by atoms with Crippen LogP contribution in [0.25, 0.3) is 11.1 Å². The molecule has 0 saturated heterocycles. The lowest BCUT2D eigenvalue weighted by Crippen LogP contribution is -2.27. The molecular formula is C24H21ClN2O5S. The molecule has 1 aliphatic heterocycles. The molecule has 2 N–H and O–H groups in total. The smallest absolute Gasteiger partial charge is 0.240 e. The van der Waals surface area contributed by atoms with Gasteiger partial charge in [0.25, 0.3) is 0 Å². The van der Waals surface area contributed by atoms with Gasteiger partial charge in [0.1, 0.15) is 0 Å². The average Bonchev–Trinajstić information content (AvgIpc) is 3.51. The van der Waals surface area contributed by atoms with Gasteiger partial charge in [0.2, 0.25) is 22.7 Å². The molecule has 2 aliphatic rings. The number of carbonyl (C=O) groups excluding carboxylic acids is 1. The van der Waals surface area contributed by atoms with Gasteiger partial charge in [0, 0.05) is 16.3 Å². The van der Waals surface area contributed by atoms with Gasteiger partial charge in [-0.2, -0.15) is 0 Å². The highest BCUT2D eigenvalue weighted by molar-refractivity contribution is 7.89. The topological polar surface area (TPSA) is 93.7 Å². The number of benzene rings is 3. The molecule has 1 fully saturated rings. The first kappa shape index (κ1) is 21.8. The fourth-order valence-electron chi connectivity index (χ4n) is 3.97. The molecule has 3 aromatic carbocycles. The van der Waals surface area contributed by atoms with Crippen LogP contribution in [-0.2, 0) is 20.2 Å². The highest BCUT2D eigenvalue weighted by atomic mass is 35.5. The molecule has 3 aromatic rings. The van der Waals surface area contributed by atoms with Crippen LogP contribution in [-0.4, -0.2) is 28.2 Å². The van der Waals surface area contributed by atoms with Crippen molar-refractivity contribution in [3.8, 4) is 22.6 Å². The van der Waals surface area contributed by atoms with E-state index in [1.165, 1.54) is 19.2 Å². The molecule has 0 spiro atoms. The SMILES string of the molecule is CNS(=O)(=O)c1ccc(-c2cc(NC(=O)C3(c4ccc5c(c4)OCO5)CC3)ccc2Cl)cc1. The van der Waals surface area contributed by atoms with Crippen LogP contribution >= 0.6 is 11.6 Å². The normalized spacial score (nSPS) is 15.8. The minimum atomic E-state index is -3.53. The van der Waals surface area contributed by atoms with Gasteiger partial charge in [0.15, 0.2) is 11.5 Å². The van der Waals surface area contributed by atoms with Crippen LogP contribution in [0.2, 0.25) is 5.02 Å². The Hall–Kier alpha value is -3.07. The van der Waals surface area contributed by atoms with E-state index in [1.54, 1.807) is 30.3 Å². The van der Waals surface area contributed by atoms with Crippen molar-refractivity contribution in [3.05, 3.63) is 71.2 Å². The van der Waals surface area contributed by atoms with E-state index in [-0.39, 0.29) is 17.6 Å². The van der Waals surface area contributed by atoms with Crippen molar-refractivity contribution in [3.63, 3.8) is 0 Å². The quantitative estimate of drug-likeness (QED) is 0.543. The van der Waals surface area contributed by atoms with Crippen molar-refractivity contribution in [2.24, 2.45) is 0 Å². The van der Waals surface area contributed by atoms with E-state index in [2.05, 4.69) is 10.0 Å². The molecule has 1 amide bonds. The maximum Gasteiger partial charge on any atom is 0.240 e. The number of sulfonamides is 1. The van der Waals surface area contributed by atoms with Crippen LogP contribution in [0, 0.1) is 0 Å². The third-order valence-corrected chi connectivity index (χ3v) is 7.84. The number of fused-ring (bicyclic) bond motifs is 1. The van der Waals surface area contributed by atoms with Crippen molar-refractivity contribution in [1.29, 1.82) is 0 Å². The van der Waals surface area contributed by atoms with Gasteiger partial charge in [-0.1, -0.05) is 29.8 Å². The Labute approximate surface area is 196 Å². The molecule has 0 radical (unpaired) electrons. The van der Waals surface area contributed by atoms with Gasteiger partial charge in [0.05, 0.1) is 10.3 Å². The first-order valence-electron chi connectivity index (χ1n) is 10.4. The summed E-state index contributed by atoms with van der Waals surface area (Å²) in [6, 6.07) is 17.3. The van der Waals surface area contributed by atoms with E-state index in [1.807, 2.05) is 18.2 Å². The minimum Gasteiger partial charge on any atom is -0.454 e. The van der Waals surface area contributed by atoms with E-state index in [0.717, 1.165) is 24.0 Å². The molecule has 0 unspecified atom stereocenters. The molecule has 1 saturated carbocycles. The standard InChI is InChI=1S/C24H21ClN2O5S/c1-26-33(29,30)18-6-2-15(3-7-18)19-13-17(5-8-20(19)25)27-23(28)24(10-11-24)16-4-9-21-22(12-16)32-14-31-21/h2-9,12-13,26H,10-11,14H2,1H3,(H,27,28). The summed E-state index contributed by atoms with van der Waals surface area (Å²) in [6.45, 7) is 0.188. The lowest BCUT2D eigenvalue weighted by atomic mass is 9.94. The van der Waals surface area contributed by atoms with E-state index in [4.69, 9.17) is 21.1 Å². The zero-order valence-corrected chi connectivity index (χ0v) is 19.3. The van der Waals surface area contributed by atoms with Crippen LogP contribution in [0.5, 0.6) is 11.5 Å². The fraction of sp³-hybridized carbons (Fsp3) is 0.208. The summed E-state index contributed by atoms with van der Waals surface area (Å²) >= 11 is 6.41. The Balaban J connectivity index is 1.39. The summed E-state index contributed by atoms with van der Waals surface area (Å²) in [7, 11) is -2.16. The van der Waals surface area contributed by atoms with Gasteiger partial charge in [-0.15, -0.1) is 0 Å². The Bertz CT molecular complexity index is 1350. The van der Waals surface area contributed by atoms with E-state index < -0.39 is 15.4 Å². The van der Waals surface area contributed by atoms with Crippen LogP contribution < -0.4 is 19.5 Å². The Morgan fingerprint density at radius 2 is 1.70 bits per heavy atom. The number of rotatable bonds is 6. The molecule has 1 heterocycles. The van der Waals surface area contributed by atoms with E-state index in [0.29, 0.717) is 27.8 Å². The molecule has 33 heavy (non-hydrogen) atoms. The van der Waals surface area contributed by atoms with Gasteiger partial charge >= 0.3 is 0 Å². The first-order chi connectivity index (χ1) is 15.8. The Morgan fingerprint density at radius 1 is 0.970 bits per heavy atom. The zero-order valence-electron chi connectivity index (χ0n) is 17.7. The minimum absolute atomic E-state index is 0.0925. The van der Waals surface area contributed by atoms with Gasteiger partial charge in [-0.3, -0.25) is 4.79 Å². The molecule has 0 bridgehead atoms. The van der Waals surface area contributed by atoms with Gasteiger partial charge < -0.3 is 14.8 Å². The first-order valence-corrected chi connectivity index (χ1v) is 12.2. The largest absolute Gasteiger partial charge is 0.454 e. The fourth-order valence-corrected chi connectivity index (χ4v) is 4.93. The predicted molar refractivity (Wildman–Crippen MR) is 125 cm³/mol. The molecule has 0 aromatic heterocycles. The molecule has 7 nitrogen and oxygen atoms in total. The zero-order chi connectivity index (χ0) is 23.2. The second-order valence-corrected chi connectivity index (χ2v) is 10.3. The number of anilines is 1. The van der Waals surface area contributed by atoms with E-state index >= 15 is 0 Å². The second kappa shape index (κ2) is 8.06. The number of hydrogen-bond donors (Lipinski definition) is 2. The molecule has 0 atom stereocenters. The summed E-state index contributed by atoms with van der Waals surface area (Å²) in [5, 5.41) is 3.51. The van der Waals surface area contributed by atoms with Crippen LogP contribution in [0.1, 0.15) is 18.4 Å². The number of hydrogen-bond acceptors (Lipinski definition) is 5. The molecule has 9 heteroatoms. The van der Waals surface area contributed by atoms with Gasteiger partial charge in [-0.05, 0) is 73.5 Å². The maximum absolute atomic E-state index is 13.2. The Kier molecular flexibility index (Phi) is 5.31. The van der Waals surface area contributed by atoms with Crippen molar-refractivity contribution < 1.29 is 22.7 Å². The summed E-state index contributed by atoms with van der Waals surface area (Å²) in [6.07, 6.45) is 1.50. The molecule has 5 rings (SSSR count). The number of halogens is 1. The number of carbonyl (C=O) groups is 1. The monoisotopic (exact) mass is 484 g/mol. The Morgan fingerprint density at radius 3 is 2.39 bits per heavy atom. The van der Waals surface area contributed by atoms with Crippen LogP contribution in [0.3, 0.4) is 0 Å². The third-order valence-electron chi connectivity index (χ3n) is 6.08. The van der Waals surface area contributed by atoms with Crippen LogP contribution in [0.15, 0.2) is 65.6 Å². The van der Waals surface area contributed by atoms with Crippen molar-refractivity contribution in [1.82, 2.24) is 4.72 Å². The van der Waals surface area contributed by atoms with Crippen molar-refractivity contribution >= 4 is 33.2 Å². The van der Waals surface area contributed by atoms with Crippen molar-refractivity contribution in [2.45, 2.75) is 23.2 Å². The van der Waals surface area contributed by atoms with Gasteiger partial charge in [-0.25, -0.2) is 13.1 Å². The lowest BCUT2D eigenvalue weighted by molar-refractivity contribution is -0.118. The molecular weight excluding hydrogens is 464 g/mol. The number of amides is 1. The summed E-state index contributed by atoms with van der Waals surface area (Å²) < 4.78 is 37.1. The average molecular weight is 485 g/mol. The number of ether oxygens (including phenoxy) is 2. The summed E-state index contributed by atoms with van der Waals surface area (Å²) in [5.74, 6) is 1.25. The summed E-state index contributed by atoms with van der Waals surface area (Å²) in [4.78, 5) is 13.4. The van der Waals surface area contributed by atoms with Crippen LogP contribution in [0.4, 0.5) is 5.69 Å². The second-order valence-electron chi connectivity index (χ2n) is 8.03. The highest BCUT2D eigenvalue weighted by Crippen LogP contribution is 2.51. The van der Waals surface area contributed by atoms with E-state index in [9.17, 15) is 13.2 Å².